The number of rotatable bonds is 2. The molecule has 2 aliphatic carbocycles. The fraction of sp³-hybridized carbons (Fsp3) is 0.211. The zero-order valence-corrected chi connectivity index (χ0v) is 14.3. The van der Waals surface area contributed by atoms with E-state index < -0.39 is 23.4 Å². The maximum Gasteiger partial charge on any atom is 0.299 e. The highest BCUT2D eigenvalue weighted by molar-refractivity contribution is 5.95. The first-order chi connectivity index (χ1) is 13.4. The van der Waals surface area contributed by atoms with Gasteiger partial charge in [0.15, 0.2) is 17.0 Å². The molecule has 1 fully saturated rings. The largest absolute Gasteiger partial charge is 0.427 e. The molecule has 2 aromatic heterocycles. The highest BCUT2D eigenvalue weighted by atomic mass is 19.1. The van der Waals surface area contributed by atoms with Crippen molar-refractivity contribution in [2.45, 2.75) is 18.8 Å². The Balaban J connectivity index is 1.64. The molecule has 5 rings (SSSR count). The maximum atomic E-state index is 14.3. The number of aromatic nitrogens is 3. The lowest BCUT2D eigenvalue weighted by molar-refractivity contribution is 0.0981. The highest BCUT2D eigenvalue weighted by Crippen LogP contribution is 2.57. The van der Waals surface area contributed by atoms with E-state index in [1.54, 1.807) is 0 Å². The molecule has 28 heavy (non-hydrogen) atoms. The molecule has 142 valence electrons. The SMILES string of the molecule is O=C(N=c1ccc(F)cn1O)c1nn(-c2ccc(F)cc2F)c2c1C[C@@H]1C[C@H]21. The molecule has 2 heterocycles. The molecule has 0 bridgehead atoms. The van der Waals surface area contributed by atoms with E-state index in [1.807, 2.05) is 0 Å². The van der Waals surface area contributed by atoms with Crippen molar-refractivity contribution < 1.29 is 23.2 Å². The summed E-state index contributed by atoms with van der Waals surface area (Å²) in [6.07, 6.45) is 2.33. The Morgan fingerprint density at radius 2 is 1.96 bits per heavy atom. The predicted octanol–water partition coefficient (Wildman–Crippen LogP) is 2.73. The van der Waals surface area contributed by atoms with Crippen molar-refractivity contribution in [1.82, 2.24) is 14.5 Å². The van der Waals surface area contributed by atoms with E-state index in [0.29, 0.717) is 22.6 Å². The van der Waals surface area contributed by atoms with Crippen LogP contribution < -0.4 is 5.49 Å². The van der Waals surface area contributed by atoms with Crippen molar-refractivity contribution >= 4 is 5.91 Å². The number of amides is 1. The topological polar surface area (TPSA) is 72.4 Å². The summed E-state index contributed by atoms with van der Waals surface area (Å²) in [5, 5.41) is 14.0. The monoisotopic (exact) mass is 386 g/mol. The lowest BCUT2D eigenvalue weighted by Crippen LogP contribution is -2.20. The first-order valence-corrected chi connectivity index (χ1v) is 8.66. The second-order valence-electron chi connectivity index (χ2n) is 6.99. The van der Waals surface area contributed by atoms with Crippen LogP contribution in [0.5, 0.6) is 0 Å². The van der Waals surface area contributed by atoms with Gasteiger partial charge in [-0.15, -0.1) is 0 Å². The summed E-state index contributed by atoms with van der Waals surface area (Å²) in [5.74, 6) is -2.34. The summed E-state index contributed by atoms with van der Waals surface area (Å²) in [5.41, 5.74) is 1.37. The number of carbonyl (C=O) groups excluding carboxylic acids is 1. The van der Waals surface area contributed by atoms with E-state index in [9.17, 15) is 23.2 Å². The Hall–Kier alpha value is -3.36. The summed E-state index contributed by atoms with van der Waals surface area (Å²) in [7, 11) is 0. The Morgan fingerprint density at radius 1 is 1.18 bits per heavy atom. The van der Waals surface area contributed by atoms with Crippen LogP contribution in [0.4, 0.5) is 13.2 Å². The summed E-state index contributed by atoms with van der Waals surface area (Å²) in [6, 6.07) is 5.39. The highest BCUT2D eigenvalue weighted by Gasteiger charge is 2.50. The van der Waals surface area contributed by atoms with Gasteiger partial charge in [-0.2, -0.15) is 14.8 Å². The molecule has 1 N–H and O–H groups in total. The van der Waals surface area contributed by atoms with Crippen molar-refractivity contribution in [3.05, 3.63) is 76.4 Å². The fourth-order valence-corrected chi connectivity index (χ4v) is 3.83. The van der Waals surface area contributed by atoms with E-state index >= 15 is 0 Å². The minimum Gasteiger partial charge on any atom is -0.427 e. The Morgan fingerprint density at radius 3 is 2.71 bits per heavy atom. The summed E-state index contributed by atoms with van der Waals surface area (Å²) in [4.78, 5) is 16.5. The van der Waals surface area contributed by atoms with Crippen LogP contribution >= 0.6 is 0 Å². The Bertz CT molecular complexity index is 1210. The molecule has 2 atom stereocenters. The number of halogens is 3. The summed E-state index contributed by atoms with van der Waals surface area (Å²) < 4.78 is 42.4. The standard InChI is InChI=1S/C19H13F3N4O2/c20-10-1-3-15(14(22)7-10)26-18-12-5-9(12)6-13(18)17(24-26)19(27)23-16-4-2-11(21)8-25(16)28/h1-4,7-9,12,28H,5-6H2/t9-,12-/m0/s1. The van der Waals surface area contributed by atoms with Gasteiger partial charge in [0.05, 0.1) is 11.9 Å². The predicted molar refractivity (Wildman–Crippen MR) is 89.5 cm³/mol. The summed E-state index contributed by atoms with van der Waals surface area (Å²) >= 11 is 0. The van der Waals surface area contributed by atoms with E-state index in [4.69, 9.17) is 0 Å². The van der Waals surface area contributed by atoms with Gasteiger partial charge in [-0.25, -0.2) is 17.9 Å². The van der Waals surface area contributed by atoms with Gasteiger partial charge in [-0.3, -0.25) is 4.79 Å². The van der Waals surface area contributed by atoms with Crippen molar-refractivity contribution in [2.24, 2.45) is 10.9 Å². The molecule has 1 aromatic carbocycles. The minimum atomic E-state index is -0.780. The molecule has 0 spiro atoms. The molecule has 0 aliphatic heterocycles. The Kier molecular flexibility index (Phi) is 3.49. The third-order valence-corrected chi connectivity index (χ3v) is 5.19. The van der Waals surface area contributed by atoms with E-state index in [0.717, 1.165) is 42.6 Å². The number of benzene rings is 1. The van der Waals surface area contributed by atoms with Crippen molar-refractivity contribution in [1.29, 1.82) is 0 Å². The number of hydrogen-bond acceptors (Lipinski definition) is 3. The van der Waals surface area contributed by atoms with Gasteiger partial charge in [0.1, 0.15) is 17.3 Å². The molecule has 1 saturated carbocycles. The third kappa shape index (κ3) is 2.54. The van der Waals surface area contributed by atoms with Crippen LogP contribution in [0.15, 0.2) is 41.5 Å². The Labute approximate surface area is 156 Å². The van der Waals surface area contributed by atoms with Crippen molar-refractivity contribution in [2.75, 3.05) is 0 Å². The van der Waals surface area contributed by atoms with Gasteiger partial charge in [0.2, 0.25) is 0 Å². The second-order valence-corrected chi connectivity index (χ2v) is 6.99. The number of hydrogen-bond donors (Lipinski definition) is 1. The van der Waals surface area contributed by atoms with Gasteiger partial charge in [-0.05, 0) is 43.0 Å². The van der Waals surface area contributed by atoms with Crippen LogP contribution in [0, 0.1) is 23.4 Å². The van der Waals surface area contributed by atoms with Gasteiger partial charge in [0.25, 0.3) is 5.91 Å². The van der Waals surface area contributed by atoms with Gasteiger partial charge in [0, 0.05) is 17.5 Å². The minimum absolute atomic E-state index is 0.0512. The normalized spacial score (nSPS) is 20.2. The number of nitrogens with zero attached hydrogens (tertiary/aromatic N) is 4. The third-order valence-electron chi connectivity index (χ3n) is 5.19. The molecule has 1 amide bonds. The molecular formula is C19H13F3N4O2. The van der Waals surface area contributed by atoms with Gasteiger partial charge in [-0.1, -0.05) is 0 Å². The van der Waals surface area contributed by atoms with Crippen LogP contribution in [0.3, 0.4) is 0 Å². The molecule has 0 radical (unpaired) electrons. The van der Waals surface area contributed by atoms with Crippen LogP contribution in [0.25, 0.3) is 5.69 Å². The molecule has 0 saturated heterocycles. The van der Waals surface area contributed by atoms with Crippen LogP contribution in [0.2, 0.25) is 0 Å². The molecule has 9 heteroatoms. The maximum absolute atomic E-state index is 14.3. The molecular weight excluding hydrogens is 373 g/mol. The van der Waals surface area contributed by atoms with Gasteiger partial charge < -0.3 is 5.21 Å². The van der Waals surface area contributed by atoms with Crippen LogP contribution in [-0.2, 0) is 6.42 Å². The average molecular weight is 386 g/mol. The lowest BCUT2D eigenvalue weighted by atomic mass is 10.1. The van der Waals surface area contributed by atoms with E-state index in [-0.39, 0.29) is 22.8 Å². The van der Waals surface area contributed by atoms with E-state index in [1.165, 1.54) is 10.7 Å². The summed E-state index contributed by atoms with van der Waals surface area (Å²) in [6.45, 7) is 0. The van der Waals surface area contributed by atoms with Crippen molar-refractivity contribution in [3.63, 3.8) is 0 Å². The fourth-order valence-electron chi connectivity index (χ4n) is 3.83. The number of carbonyl (C=O) groups is 1. The van der Waals surface area contributed by atoms with E-state index in [2.05, 4.69) is 10.1 Å². The molecule has 6 nitrogen and oxygen atoms in total. The average Bonchev–Trinajstić information content (AvgIpc) is 3.14. The quantitative estimate of drug-likeness (QED) is 0.689. The first kappa shape index (κ1) is 16.8. The van der Waals surface area contributed by atoms with Crippen LogP contribution in [0.1, 0.15) is 34.1 Å². The second kappa shape index (κ2) is 5.82. The molecule has 2 aliphatic rings. The van der Waals surface area contributed by atoms with Gasteiger partial charge >= 0.3 is 0 Å². The number of fused-ring (bicyclic) bond motifs is 3. The number of pyridine rings is 1. The molecule has 0 unspecified atom stereocenters. The lowest BCUT2D eigenvalue weighted by Gasteiger charge is -2.07. The zero-order valence-electron chi connectivity index (χ0n) is 14.3. The van der Waals surface area contributed by atoms with Crippen molar-refractivity contribution in [3.8, 4) is 5.69 Å². The zero-order chi connectivity index (χ0) is 19.6. The van der Waals surface area contributed by atoms with Crippen LogP contribution in [-0.4, -0.2) is 25.6 Å². The first-order valence-electron chi connectivity index (χ1n) is 8.66. The smallest absolute Gasteiger partial charge is 0.299 e. The molecule has 3 aromatic rings.